The highest BCUT2D eigenvalue weighted by atomic mass is 32.2. The third kappa shape index (κ3) is 5.01. The fourth-order valence-electron chi connectivity index (χ4n) is 3.24. The molecule has 1 aromatic carbocycles. The maximum atomic E-state index is 13.2. The monoisotopic (exact) mass is 500 g/mol. The van der Waals surface area contributed by atoms with E-state index in [0.717, 1.165) is 12.4 Å². The molecule has 0 saturated heterocycles. The predicted octanol–water partition coefficient (Wildman–Crippen LogP) is 2.04. The molecule has 0 fully saturated rings. The number of anilines is 1. The molecule has 0 aliphatic heterocycles. The van der Waals surface area contributed by atoms with E-state index in [1.807, 2.05) is 0 Å². The second-order valence-electron chi connectivity index (χ2n) is 7.28. The van der Waals surface area contributed by atoms with Crippen molar-refractivity contribution >= 4 is 16.0 Å². The number of aromatic nitrogens is 7. The van der Waals surface area contributed by atoms with Crippen LogP contribution in [-0.4, -0.2) is 62.8 Å². The van der Waals surface area contributed by atoms with Gasteiger partial charge in [-0.05, 0) is 31.2 Å². The number of para-hydroxylation sites is 1. The maximum absolute atomic E-state index is 13.2. The highest BCUT2D eigenvalue weighted by Crippen LogP contribution is 2.37. The van der Waals surface area contributed by atoms with Crippen molar-refractivity contribution in [2.45, 2.75) is 18.6 Å². The average molecular weight is 501 g/mol. The van der Waals surface area contributed by atoms with Gasteiger partial charge in [0.15, 0.2) is 11.6 Å². The number of halogens is 1. The largest absolute Gasteiger partial charge is 0.494 e. The van der Waals surface area contributed by atoms with Crippen LogP contribution in [0, 0.1) is 5.82 Å². The summed E-state index contributed by atoms with van der Waals surface area (Å²) in [6.45, 7) is 1.48. The number of nitrogens with zero attached hydrogens (tertiary/aromatic N) is 7. The summed E-state index contributed by atoms with van der Waals surface area (Å²) in [7, 11) is -1.08. The summed E-state index contributed by atoms with van der Waals surface area (Å²) in [6, 6.07) is 8.41. The Hall–Kier alpha value is -4.20. The predicted molar refractivity (Wildman–Crippen MR) is 123 cm³/mol. The molecule has 1 unspecified atom stereocenters. The van der Waals surface area contributed by atoms with Crippen LogP contribution >= 0.6 is 0 Å². The molecule has 4 aromatic rings. The molecule has 0 amide bonds. The van der Waals surface area contributed by atoms with E-state index < -0.39 is 21.1 Å². The molecule has 0 bridgehead atoms. The number of rotatable bonds is 9. The van der Waals surface area contributed by atoms with Crippen molar-refractivity contribution in [2.75, 3.05) is 18.9 Å². The fourth-order valence-corrected chi connectivity index (χ4v) is 4.20. The van der Waals surface area contributed by atoms with Crippen LogP contribution < -0.4 is 14.2 Å². The third-order valence-electron chi connectivity index (χ3n) is 5.00. The van der Waals surface area contributed by atoms with E-state index in [0.29, 0.717) is 22.9 Å². The van der Waals surface area contributed by atoms with E-state index >= 15 is 0 Å². The second-order valence-corrected chi connectivity index (χ2v) is 9.38. The van der Waals surface area contributed by atoms with Gasteiger partial charge in [0.2, 0.25) is 16.0 Å². The van der Waals surface area contributed by atoms with Gasteiger partial charge in [-0.3, -0.25) is 9.29 Å². The number of ether oxygens (including phenoxy) is 2. The molecule has 0 saturated carbocycles. The molecule has 0 spiro atoms. The first-order chi connectivity index (χ1) is 16.8. The molecule has 35 heavy (non-hydrogen) atoms. The summed E-state index contributed by atoms with van der Waals surface area (Å²) < 4.78 is 54.4. The first-order valence-corrected chi connectivity index (χ1v) is 11.8. The summed E-state index contributed by atoms with van der Waals surface area (Å²) in [5.41, 5.74) is 0.696. The Morgan fingerprint density at radius 2 is 1.71 bits per heavy atom. The van der Waals surface area contributed by atoms with Crippen LogP contribution in [0.2, 0.25) is 0 Å². The minimum absolute atomic E-state index is 0.0568. The van der Waals surface area contributed by atoms with Crippen molar-refractivity contribution in [1.82, 2.24) is 34.9 Å². The normalized spacial score (nSPS) is 12.2. The van der Waals surface area contributed by atoms with Crippen LogP contribution in [0.3, 0.4) is 0 Å². The van der Waals surface area contributed by atoms with Gasteiger partial charge in [0, 0.05) is 12.6 Å². The Labute approximate surface area is 200 Å². The molecule has 0 aliphatic carbocycles. The molecular weight excluding hydrogens is 479 g/mol. The van der Waals surface area contributed by atoms with E-state index in [-0.39, 0.29) is 24.0 Å². The van der Waals surface area contributed by atoms with E-state index in [1.54, 1.807) is 30.3 Å². The van der Waals surface area contributed by atoms with Gasteiger partial charge in [-0.25, -0.2) is 22.8 Å². The molecule has 182 valence electrons. The van der Waals surface area contributed by atoms with Crippen LogP contribution in [0.5, 0.6) is 11.5 Å². The zero-order valence-electron chi connectivity index (χ0n) is 19.0. The van der Waals surface area contributed by atoms with Gasteiger partial charge in [-0.15, -0.1) is 15.3 Å². The van der Waals surface area contributed by atoms with Gasteiger partial charge in [0.1, 0.15) is 28.7 Å². The lowest BCUT2D eigenvalue weighted by atomic mass is 10.2. The van der Waals surface area contributed by atoms with Crippen LogP contribution in [0.25, 0.3) is 17.2 Å². The number of sulfonamides is 1. The van der Waals surface area contributed by atoms with Crippen molar-refractivity contribution < 1.29 is 22.3 Å². The molecular formula is C21H21FN8O4S. The lowest BCUT2D eigenvalue weighted by Crippen LogP contribution is -2.29. The number of benzene rings is 1. The number of hydrogen-bond donors (Lipinski definition) is 1. The molecule has 0 aliphatic rings. The third-order valence-corrected chi connectivity index (χ3v) is 6.69. The van der Waals surface area contributed by atoms with Crippen molar-refractivity contribution in [2.24, 2.45) is 0 Å². The average Bonchev–Trinajstić information content (AvgIpc) is 3.27. The van der Waals surface area contributed by atoms with Gasteiger partial charge in [0.05, 0.1) is 31.9 Å². The highest BCUT2D eigenvalue weighted by molar-refractivity contribution is 7.93. The van der Waals surface area contributed by atoms with E-state index in [9.17, 15) is 12.8 Å². The molecule has 12 nitrogen and oxygen atoms in total. The molecule has 3 heterocycles. The van der Waals surface area contributed by atoms with Crippen LogP contribution in [0.4, 0.5) is 10.3 Å². The molecule has 4 rings (SSSR count). The summed E-state index contributed by atoms with van der Waals surface area (Å²) in [5, 5.41) is 15.2. The van der Waals surface area contributed by atoms with Gasteiger partial charge < -0.3 is 9.47 Å². The first-order valence-electron chi connectivity index (χ1n) is 10.3. The molecule has 3 aromatic heterocycles. The Morgan fingerprint density at radius 3 is 2.31 bits per heavy atom. The standard InChI is InChI=1S/C21H21FN8O4S/c1-13(10-18-23-11-14(22)12-24-18)35(31,32)29-21-28-27-20(15-6-5-9-25-26-15)30(21)19-16(33-2)7-4-8-17(19)34-3/h4-9,11-13H,10H2,1-3H3,(H,28,29). The van der Waals surface area contributed by atoms with Crippen molar-refractivity contribution in [1.29, 1.82) is 0 Å². The lowest BCUT2D eigenvalue weighted by molar-refractivity contribution is 0.391. The molecule has 14 heteroatoms. The minimum atomic E-state index is -4.02. The van der Waals surface area contributed by atoms with Gasteiger partial charge in [-0.1, -0.05) is 6.07 Å². The zero-order valence-corrected chi connectivity index (χ0v) is 19.8. The van der Waals surface area contributed by atoms with Crippen LogP contribution in [-0.2, 0) is 16.4 Å². The molecule has 0 radical (unpaired) electrons. The summed E-state index contributed by atoms with van der Waals surface area (Å²) in [6.07, 6.45) is 3.40. The summed E-state index contributed by atoms with van der Waals surface area (Å²) in [5.74, 6) is 0.397. The van der Waals surface area contributed by atoms with Crippen LogP contribution in [0.1, 0.15) is 12.7 Å². The SMILES string of the molecule is COc1cccc(OC)c1-n1c(NS(=O)(=O)C(C)Cc2ncc(F)cn2)nnc1-c1cccnn1. The van der Waals surface area contributed by atoms with Crippen molar-refractivity contribution in [3.63, 3.8) is 0 Å². The van der Waals surface area contributed by atoms with E-state index in [4.69, 9.17) is 9.47 Å². The Kier molecular flexibility index (Phi) is 6.82. The Morgan fingerprint density at radius 1 is 1.03 bits per heavy atom. The van der Waals surface area contributed by atoms with Crippen molar-refractivity contribution in [3.8, 4) is 28.7 Å². The summed E-state index contributed by atoms with van der Waals surface area (Å²) >= 11 is 0. The maximum Gasteiger partial charge on any atom is 0.243 e. The van der Waals surface area contributed by atoms with Crippen molar-refractivity contribution in [3.05, 3.63) is 60.6 Å². The molecule has 1 N–H and O–H groups in total. The first kappa shape index (κ1) is 23.9. The van der Waals surface area contributed by atoms with Crippen LogP contribution in [0.15, 0.2) is 48.9 Å². The van der Waals surface area contributed by atoms with E-state index in [2.05, 4.69) is 35.1 Å². The van der Waals surface area contributed by atoms with Gasteiger partial charge in [-0.2, -0.15) is 5.10 Å². The number of nitrogens with one attached hydrogen (secondary N) is 1. The number of hydrogen-bond acceptors (Lipinski definition) is 10. The highest BCUT2D eigenvalue weighted by Gasteiger charge is 2.29. The number of methoxy groups -OCH3 is 2. The Bertz CT molecular complexity index is 1390. The summed E-state index contributed by atoms with van der Waals surface area (Å²) in [4.78, 5) is 7.67. The Balaban J connectivity index is 1.79. The smallest absolute Gasteiger partial charge is 0.243 e. The quantitative estimate of drug-likeness (QED) is 0.362. The second kappa shape index (κ2) is 9.97. The lowest BCUT2D eigenvalue weighted by Gasteiger charge is -2.18. The van der Waals surface area contributed by atoms with Gasteiger partial charge >= 0.3 is 0 Å². The molecule has 1 atom stereocenters. The van der Waals surface area contributed by atoms with E-state index in [1.165, 1.54) is 31.9 Å². The van der Waals surface area contributed by atoms with Gasteiger partial charge in [0.25, 0.3) is 0 Å². The fraction of sp³-hybridized carbons (Fsp3) is 0.238. The topological polar surface area (TPSA) is 147 Å². The minimum Gasteiger partial charge on any atom is -0.494 e. The zero-order chi connectivity index (χ0) is 25.0.